The molecule has 0 spiro atoms. The van der Waals surface area contributed by atoms with Crippen LogP contribution in [0.15, 0.2) is 48.7 Å². The summed E-state index contributed by atoms with van der Waals surface area (Å²) in [6.07, 6.45) is 2.04. The summed E-state index contributed by atoms with van der Waals surface area (Å²) in [6.45, 7) is 2.13. The van der Waals surface area contributed by atoms with E-state index in [1.54, 1.807) is 0 Å². The van der Waals surface area contributed by atoms with Crippen LogP contribution in [-0.2, 0) is 7.05 Å². The zero-order chi connectivity index (χ0) is 12.7. The third kappa shape index (κ3) is 1.58. The number of rotatable bonds is 1. The van der Waals surface area contributed by atoms with Crippen molar-refractivity contribution in [1.82, 2.24) is 4.57 Å². The predicted molar refractivity (Wildman–Crippen MR) is 77.5 cm³/mol. The van der Waals surface area contributed by atoms with Crippen LogP contribution in [0.5, 0.6) is 0 Å². The number of nitrogens with two attached hydrogens (primary N) is 1. The first kappa shape index (κ1) is 10.9. The van der Waals surface area contributed by atoms with E-state index in [4.69, 9.17) is 5.73 Å². The van der Waals surface area contributed by atoms with Gasteiger partial charge in [-0.25, -0.2) is 0 Å². The molecule has 2 N–H and O–H groups in total. The van der Waals surface area contributed by atoms with E-state index in [2.05, 4.69) is 54.0 Å². The molecule has 0 amide bonds. The average molecular weight is 236 g/mol. The molecule has 0 atom stereocenters. The summed E-state index contributed by atoms with van der Waals surface area (Å²) in [5, 5.41) is 1.12. The van der Waals surface area contributed by atoms with Crippen molar-refractivity contribution in [2.24, 2.45) is 7.05 Å². The lowest BCUT2D eigenvalue weighted by molar-refractivity contribution is 0.969. The molecule has 0 fully saturated rings. The van der Waals surface area contributed by atoms with E-state index in [-0.39, 0.29) is 0 Å². The van der Waals surface area contributed by atoms with Gasteiger partial charge in [-0.3, -0.25) is 0 Å². The highest BCUT2D eigenvalue weighted by Crippen LogP contribution is 2.31. The summed E-state index contributed by atoms with van der Waals surface area (Å²) in [5.74, 6) is 0. The number of benzene rings is 2. The predicted octanol–water partition coefficient (Wildman–Crippen LogP) is 3.74. The molecule has 2 heteroatoms. The van der Waals surface area contributed by atoms with Gasteiger partial charge in [0.05, 0.1) is 5.52 Å². The van der Waals surface area contributed by atoms with Crippen molar-refractivity contribution < 1.29 is 0 Å². The quantitative estimate of drug-likeness (QED) is 0.641. The summed E-state index contributed by atoms with van der Waals surface area (Å²) in [5.41, 5.74) is 11.9. The fourth-order valence-electron chi connectivity index (χ4n) is 2.45. The Hall–Kier alpha value is -2.22. The maximum absolute atomic E-state index is 6.14. The molecule has 0 aliphatic carbocycles. The Morgan fingerprint density at radius 2 is 1.83 bits per heavy atom. The van der Waals surface area contributed by atoms with Gasteiger partial charge in [-0.1, -0.05) is 24.3 Å². The molecular weight excluding hydrogens is 220 g/mol. The van der Waals surface area contributed by atoms with Crippen LogP contribution in [0.3, 0.4) is 0 Å². The molecule has 1 aromatic heterocycles. The van der Waals surface area contributed by atoms with Crippen LogP contribution < -0.4 is 5.73 Å². The van der Waals surface area contributed by atoms with E-state index in [0.29, 0.717) is 0 Å². The van der Waals surface area contributed by atoms with Crippen LogP contribution in [0.25, 0.3) is 22.0 Å². The number of fused-ring (bicyclic) bond motifs is 1. The Balaban J connectivity index is 2.31. The lowest BCUT2D eigenvalue weighted by atomic mass is 9.99. The Morgan fingerprint density at radius 1 is 1.06 bits per heavy atom. The van der Waals surface area contributed by atoms with Crippen LogP contribution in [0.4, 0.5) is 5.69 Å². The number of nitrogen functional groups attached to an aromatic ring is 1. The van der Waals surface area contributed by atoms with Crippen molar-refractivity contribution in [2.45, 2.75) is 6.92 Å². The van der Waals surface area contributed by atoms with Gasteiger partial charge in [0.15, 0.2) is 0 Å². The van der Waals surface area contributed by atoms with Crippen molar-refractivity contribution in [3.63, 3.8) is 0 Å². The molecular formula is C16H16N2. The number of hydrogen-bond acceptors (Lipinski definition) is 1. The monoisotopic (exact) mass is 236 g/mol. The molecule has 1 heterocycles. The Kier molecular flexibility index (Phi) is 2.37. The van der Waals surface area contributed by atoms with Crippen LogP contribution in [0.1, 0.15) is 5.56 Å². The smallest absolute Gasteiger partial charge is 0.0504 e. The number of anilines is 1. The lowest BCUT2D eigenvalue weighted by Gasteiger charge is -2.08. The summed E-state index contributed by atoms with van der Waals surface area (Å²) in [7, 11) is 2.05. The van der Waals surface area contributed by atoms with Crippen molar-refractivity contribution in [1.29, 1.82) is 0 Å². The minimum absolute atomic E-state index is 0.839. The van der Waals surface area contributed by atoms with Crippen LogP contribution >= 0.6 is 0 Å². The SMILES string of the molecule is Cc1ccccc1-c1cc(N)c2ccn(C)c2c1. The molecule has 3 aromatic rings. The molecule has 0 unspecified atom stereocenters. The van der Waals surface area contributed by atoms with Gasteiger partial charge in [-0.2, -0.15) is 0 Å². The van der Waals surface area contributed by atoms with E-state index in [1.807, 2.05) is 13.2 Å². The van der Waals surface area contributed by atoms with Gasteiger partial charge in [0.25, 0.3) is 0 Å². The maximum Gasteiger partial charge on any atom is 0.0504 e. The summed E-state index contributed by atoms with van der Waals surface area (Å²) < 4.78 is 2.10. The second-order valence-electron chi connectivity index (χ2n) is 4.74. The van der Waals surface area contributed by atoms with Crippen LogP contribution in [0, 0.1) is 6.92 Å². The summed E-state index contributed by atoms with van der Waals surface area (Å²) in [4.78, 5) is 0. The molecule has 0 radical (unpaired) electrons. The number of nitrogens with zero attached hydrogens (tertiary/aromatic N) is 1. The van der Waals surface area contributed by atoms with Crippen molar-refractivity contribution >= 4 is 16.6 Å². The zero-order valence-corrected chi connectivity index (χ0v) is 10.6. The summed E-state index contributed by atoms with van der Waals surface area (Å²) in [6, 6.07) is 14.7. The largest absolute Gasteiger partial charge is 0.398 e. The second-order valence-corrected chi connectivity index (χ2v) is 4.74. The van der Waals surface area contributed by atoms with E-state index in [9.17, 15) is 0 Å². The highest BCUT2D eigenvalue weighted by Gasteiger charge is 2.07. The topological polar surface area (TPSA) is 30.9 Å². The van der Waals surface area contributed by atoms with E-state index in [0.717, 1.165) is 11.1 Å². The Morgan fingerprint density at radius 3 is 2.61 bits per heavy atom. The fraction of sp³-hybridized carbons (Fsp3) is 0.125. The molecule has 0 saturated heterocycles. The number of aromatic nitrogens is 1. The van der Waals surface area contributed by atoms with Crippen molar-refractivity contribution in [3.05, 3.63) is 54.2 Å². The van der Waals surface area contributed by atoms with Gasteiger partial charge in [-0.15, -0.1) is 0 Å². The van der Waals surface area contributed by atoms with Gasteiger partial charge in [0.1, 0.15) is 0 Å². The van der Waals surface area contributed by atoms with Crippen molar-refractivity contribution in [3.8, 4) is 11.1 Å². The lowest BCUT2D eigenvalue weighted by Crippen LogP contribution is -1.91. The zero-order valence-electron chi connectivity index (χ0n) is 10.6. The molecule has 3 rings (SSSR count). The maximum atomic E-state index is 6.14. The minimum atomic E-state index is 0.839. The van der Waals surface area contributed by atoms with E-state index < -0.39 is 0 Å². The molecule has 0 bridgehead atoms. The standard InChI is InChI=1S/C16H16N2/c1-11-5-3-4-6-13(11)12-9-15(17)14-7-8-18(2)16(14)10-12/h3-10H,17H2,1-2H3. The first-order chi connectivity index (χ1) is 8.66. The first-order valence-corrected chi connectivity index (χ1v) is 6.07. The molecule has 0 aliphatic rings. The average Bonchev–Trinajstić information content (AvgIpc) is 2.72. The van der Waals surface area contributed by atoms with Gasteiger partial charge in [0, 0.05) is 24.3 Å². The van der Waals surface area contributed by atoms with E-state index in [1.165, 1.54) is 22.2 Å². The minimum Gasteiger partial charge on any atom is -0.398 e. The molecule has 90 valence electrons. The Bertz CT molecular complexity index is 723. The Labute approximate surface area is 107 Å². The summed E-state index contributed by atoms with van der Waals surface area (Å²) >= 11 is 0. The highest BCUT2D eigenvalue weighted by atomic mass is 14.9. The molecule has 18 heavy (non-hydrogen) atoms. The number of aryl methyl sites for hydroxylation is 2. The van der Waals surface area contributed by atoms with Gasteiger partial charge in [-0.05, 0) is 41.8 Å². The molecule has 2 nitrogen and oxygen atoms in total. The van der Waals surface area contributed by atoms with Gasteiger partial charge in [0.2, 0.25) is 0 Å². The van der Waals surface area contributed by atoms with Crippen LogP contribution in [-0.4, -0.2) is 4.57 Å². The molecule has 0 saturated carbocycles. The van der Waals surface area contributed by atoms with Crippen molar-refractivity contribution in [2.75, 3.05) is 5.73 Å². The second kappa shape index (κ2) is 3.91. The fourth-order valence-corrected chi connectivity index (χ4v) is 2.45. The third-order valence-corrected chi connectivity index (χ3v) is 3.49. The molecule has 0 aliphatic heterocycles. The highest BCUT2D eigenvalue weighted by molar-refractivity contribution is 5.95. The first-order valence-electron chi connectivity index (χ1n) is 6.07. The van der Waals surface area contributed by atoms with Gasteiger partial charge < -0.3 is 10.3 Å². The van der Waals surface area contributed by atoms with Gasteiger partial charge >= 0.3 is 0 Å². The number of hydrogen-bond donors (Lipinski definition) is 1. The molecule has 2 aromatic carbocycles. The normalized spacial score (nSPS) is 11.0. The third-order valence-electron chi connectivity index (χ3n) is 3.49. The van der Waals surface area contributed by atoms with Crippen LogP contribution in [0.2, 0.25) is 0 Å². The van der Waals surface area contributed by atoms with E-state index >= 15 is 0 Å².